The molecule has 0 aliphatic carbocycles. The number of allylic oxidation sites excluding steroid dienone is 2. The molecule has 5 nitrogen and oxygen atoms in total. The lowest BCUT2D eigenvalue weighted by molar-refractivity contribution is -0.274. The average Bonchev–Trinajstić information content (AvgIpc) is 2.80. The summed E-state index contributed by atoms with van der Waals surface area (Å²) in [5, 5.41) is 12.0. The van der Waals surface area contributed by atoms with E-state index in [1.54, 1.807) is 19.1 Å². The van der Waals surface area contributed by atoms with Crippen molar-refractivity contribution in [2.24, 2.45) is 0 Å². The Hall–Kier alpha value is -3.26. The van der Waals surface area contributed by atoms with Gasteiger partial charge in [-0.1, -0.05) is 38.1 Å². The zero-order valence-corrected chi connectivity index (χ0v) is 20.3. The van der Waals surface area contributed by atoms with Gasteiger partial charge in [-0.25, -0.2) is 0 Å². The molecule has 0 saturated heterocycles. The second-order valence-corrected chi connectivity index (χ2v) is 6.56. The standard InChI is InChI=1S/C21H22F3NO4.C3H6.C2H6/c1-3-10-28-20-14(2)19(11-16(12-25-13-27)18(20)8-9-26)15-4-6-17(7-5-15)29-21(22,23)24;1-3-2;1-2/h3-7,10-11,13,26H,8-9,12H2,1-2H3,(H,25,27);3H,1H2,2H3;1-2H3/b10-3+;;. The van der Waals surface area contributed by atoms with E-state index in [2.05, 4.69) is 16.6 Å². The fourth-order valence-corrected chi connectivity index (χ4v) is 2.99. The number of rotatable bonds is 9. The van der Waals surface area contributed by atoms with Crippen LogP contribution in [0.1, 0.15) is 44.4 Å². The molecule has 34 heavy (non-hydrogen) atoms. The molecule has 0 unspecified atom stereocenters. The zero-order chi connectivity index (χ0) is 26.1. The normalized spacial score (nSPS) is 10.4. The SMILES string of the molecule is C/C=C/Oc1c(C)c(-c2ccc(OC(F)(F)F)cc2)cc(CNC=O)c1CCO.C=CC.CC. The second kappa shape index (κ2) is 16.4. The van der Waals surface area contributed by atoms with E-state index >= 15 is 0 Å². The van der Waals surface area contributed by atoms with Gasteiger partial charge in [0.2, 0.25) is 6.41 Å². The number of alkyl halides is 3. The van der Waals surface area contributed by atoms with Gasteiger partial charge in [-0.3, -0.25) is 4.79 Å². The minimum atomic E-state index is -4.76. The Morgan fingerprint density at radius 2 is 1.74 bits per heavy atom. The summed E-state index contributed by atoms with van der Waals surface area (Å²) >= 11 is 0. The number of aliphatic hydroxyl groups excluding tert-OH is 1. The van der Waals surface area contributed by atoms with Crippen LogP contribution >= 0.6 is 0 Å². The van der Waals surface area contributed by atoms with Crippen molar-refractivity contribution >= 4 is 6.41 Å². The Bertz CT molecular complexity index is 908. The van der Waals surface area contributed by atoms with Crippen molar-refractivity contribution in [3.63, 3.8) is 0 Å². The summed E-state index contributed by atoms with van der Waals surface area (Å²) in [7, 11) is 0. The average molecular weight is 482 g/mol. The van der Waals surface area contributed by atoms with Crippen molar-refractivity contribution in [2.75, 3.05) is 6.61 Å². The van der Waals surface area contributed by atoms with E-state index in [-0.39, 0.29) is 18.9 Å². The van der Waals surface area contributed by atoms with Gasteiger partial charge in [0, 0.05) is 18.7 Å². The van der Waals surface area contributed by atoms with Gasteiger partial charge in [0.05, 0.1) is 6.26 Å². The van der Waals surface area contributed by atoms with Gasteiger partial charge in [0.15, 0.2) is 0 Å². The molecule has 2 aromatic rings. The molecule has 1 amide bonds. The van der Waals surface area contributed by atoms with Gasteiger partial charge >= 0.3 is 6.36 Å². The first kappa shape index (κ1) is 30.7. The molecule has 188 valence electrons. The number of nitrogens with one attached hydrogen (secondary N) is 1. The first-order valence-electron chi connectivity index (χ1n) is 10.9. The molecular formula is C26H34F3NO4. The van der Waals surface area contributed by atoms with Gasteiger partial charge < -0.3 is 19.9 Å². The van der Waals surface area contributed by atoms with E-state index in [4.69, 9.17) is 4.74 Å². The Morgan fingerprint density at radius 1 is 1.15 bits per heavy atom. The molecule has 0 bridgehead atoms. The summed E-state index contributed by atoms with van der Waals surface area (Å²) < 4.78 is 46.8. The molecule has 0 saturated carbocycles. The summed E-state index contributed by atoms with van der Waals surface area (Å²) in [5.74, 6) is 0.219. The lowest BCUT2D eigenvalue weighted by Gasteiger charge is -2.20. The van der Waals surface area contributed by atoms with E-state index in [1.165, 1.54) is 30.5 Å². The number of halogens is 3. The Morgan fingerprint density at radius 3 is 2.21 bits per heavy atom. The molecule has 2 rings (SSSR count). The van der Waals surface area contributed by atoms with Gasteiger partial charge in [0.25, 0.3) is 0 Å². The van der Waals surface area contributed by atoms with Crippen LogP contribution in [-0.2, 0) is 17.8 Å². The molecule has 0 heterocycles. The first-order chi connectivity index (χ1) is 16.2. The molecule has 0 aromatic heterocycles. The predicted octanol–water partition coefficient (Wildman–Crippen LogP) is 6.47. The van der Waals surface area contributed by atoms with Crippen molar-refractivity contribution in [3.05, 3.63) is 72.0 Å². The highest BCUT2D eigenvalue weighted by Gasteiger charge is 2.31. The number of aliphatic hydroxyl groups is 1. The number of carbonyl (C=O) groups is 1. The fourth-order valence-electron chi connectivity index (χ4n) is 2.99. The highest BCUT2D eigenvalue weighted by atomic mass is 19.4. The molecule has 0 aliphatic rings. The van der Waals surface area contributed by atoms with E-state index in [0.29, 0.717) is 24.1 Å². The highest BCUT2D eigenvalue weighted by molar-refractivity contribution is 5.73. The number of carbonyl (C=O) groups excluding carboxylic acids is 1. The minimum Gasteiger partial charge on any atom is -0.465 e. The van der Waals surface area contributed by atoms with E-state index < -0.39 is 6.36 Å². The van der Waals surface area contributed by atoms with Crippen LogP contribution in [0.2, 0.25) is 0 Å². The highest BCUT2D eigenvalue weighted by Crippen LogP contribution is 2.37. The molecule has 8 heteroatoms. The van der Waals surface area contributed by atoms with Gasteiger partial charge in [-0.2, -0.15) is 0 Å². The maximum Gasteiger partial charge on any atom is 0.573 e. The van der Waals surface area contributed by atoms with Crippen LogP contribution in [0.3, 0.4) is 0 Å². The Kier molecular flexibility index (Phi) is 14.8. The van der Waals surface area contributed by atoms with Crippen molar-refractivity contribution in [2.45, 2.75) is 53.9 Å². The lowest BCUT2D eigenvalue weighted by atomic mass is 9.91. The third-order valence-electron chi connectivity index (χ3n) is 4.18. The van der Waals surface area contributed by atoms with Crippen LogP contribution in [0, 0.1) is 6.92 Å². The van der Waals surface area contributed by atoms with Crippen molar-refractivity contribution in [1.82, 2.24) is 5.32 Å². The summed E-state index contributed by atoms with van der Waals surface area (Å²) in [6.07, 6.45) is 1.09. The van der Waals surface area contributed by atoms with Crippen LogP contribution in [0.25, 0.3) is 11.1 Å². The third kappa shape index (κ3) is 10.1. The molecule has 2 N–H and O–H groups in total. The number of ether oxygens (including phenoxy) is 2. The molecule has 0 radical (unpaired) electrons. The zero-order valence-electron chi connectivity index (χ0n) is 20.3. The van der Waals surface area contributed by atoms with Crippen LogP contribution in [0.15, 0.2) is 55.3 Å². The monoisotopic (exact) mass is 481 g/mol. The summed E-state index contributed by atoms with van der Waals surface area (Å²) in [4.78, 5) is 10.8. The maximum absolute atomic E-state index is 12.4. The van der Waals surface area contributed by atoms with Crippen LogP contribution in [0.5, 0.6) is 11.5 Å². The Labute approximate surface area is 199 Å². The molecule has 2 aromatic carbocycles. The minimum absolute atomic E-state index is 0.109. The molecular weight excluding hydrogens is 447 g/mol. The number of amides is 1. The third-order valence-corrected chi connectivity index (χ3v) is 4.18. The Balaban J connectivity index is 0.00000201. The summed E-state index contributed by atoms with van der Waals surface area (Å²) in [6, 6.07) is 7.34. The topological polar surface area (TPSA) is 67.8 Å². The number of hydrogen-bond donors (Lipinski definition) is 2. The number of benzene rings is 2. The van der Waals surface area contributed by atoms with E-state index in [1.807, 2.05) is 33.8 Å². The van der Waals surface area contributed by atoms with Gasteiger partial charge in [-0.15, -0.1) is 19.8 Å². The second-order valence-electron chi connectivity index (χ2n) is 6.56. The van der Waals surface area contributed by atoms with Gasteiger partial charge in [0.1, 0.15) is 11.5 Å². The van der Waals surface area contributed by atoms with Crippen LogP contribution in [-0.4, -0.2) is 24.5 Å². The smallest absolute Gasteiger partial charge is 0.465 e. The quantitative estimate of drug-likeness (QED) is 0.245. The molecule has 0 aliphatic heterocycles. The van der Waals surface area contributed by atoms with Gasteiger partial charge in [-0.05, 0) is 67.6 Å². The van der Waals surface area contributed by atoms with Crippen LogP contribution < -0.4 is 14.8 Å². The van der Waals surface area contributed by atoms with Crippen molar-refractivity contribution in [1.29, 1.82) is 0 Å². The molecule has 0 fully saturated rings. The van der Waals surface area contributed by atoms with Crippen LogP contribution in [0.4, 0.5) is 13.2 Å². The molecule has 0 atom stereocenters. The van der Waals surface area contributed by atoms with E-state index in [0.717, 1.165) is 22.3 Å². The first-order valence-corrected chi connectivity index (χ1v) is 10.9. The lowest BCUT2D eigenvalue weighted by Crippen LogP contribution is -2.17. The maximum atomic E-state index is 12.4. The number of hydrogen-bond acceptors (Lipinski definition) is 4. The van der Waals surface area contributed by atoms with Crippen molar-refractivity contribution < 1.29 is 32.5 Å². The summed E-state index contributed by atoms with van der Waals surface area (Å²) in [5.41, 5.74) is 3.63. The van der Waals surface area contributed by atoms with Crippen molar-refractivity contribution in [3.8, 4) is 22.6 Å². The summed E-state index contributed by atoms with van der Waals surface area (Å²) in [6.45, 7) is 13.0. The predicted molar refractivity (Wildman–Crippen MR) is 130 cm³/mol. The fraction of sp³-hybridized carbons (Fsp3) is 0.346. The molecule has 0 spiro atoms. The largest absolute Gasteiger partial charge is 0.573 e. The van der Waals surface area contributed by atoms with E-state index in [9.17, 15) is 23.1 Å².